The lowest BCUT2D eigenvalue weighted by atomic mass is 10.0. The zero-order chi connectivity index (χ0) is 13.5. The number of nitrogens with zero attached hydrogens (tertiary/aromatic N) is 4. The third-order valence-corrected chi connectivity index (χ3v) is 4.23. The van der Waals surface area contributed by atoms with Gasteiger partial charge in [-0.15, -0.1) is 0 Å². The van der Waals surface area contributed by atoms with E-state index in [4.69, 9.17) is 0 Å². The third kappa shape index (κ3) is 1.68. The van der Waals surface area contributed by atoms with Crippen LogP contribution in [0.3, 0.4) is 0 Å². The highest BCUT2D eigenvalue weighted by atomic mass is 15.6. The highest BCUT2D eigenvalue weighted by molar-refractivity contribution is 6.06. The Bertz CT molecular complexity index is 708. The summed E-state index contributed by atoms with van der Waals surface area (Å²) in [4.78, 5) is 8.72. The predicted octanol–water partition coefficient (Wildman–Crippen LogP) is 2.95. The number of benzene rings is 1. The van der Waals surface area contributed by atoms with Gasteiger partial charge in [0.1, 0.15) is 6.33 Å². The van der Waals surface area contributed by atoms with Crippen LogP contribution in [0.25, 0.3) is 21.9 Å². The first kappa shape index (κ1) is 11.7. The topological polar surface area (TPSA) is 34.0 Å². The van der Waals surface area contributed by atoms with Gasteiger partial charge in [-0.25, -0.2) is 14.6 Å². The van der Waals surface area contributed by atoms with Gasteiger partial charge < -0.3 is 5.01 Å². The van der Waals surface area contributed by atoms with Gasteiger partial charge in [-0.2, -0.15) is 0 Å². The first-order valence-electron chi connectivity index (χ1n) is 7.29. The van der Waals surface area contributed by atoms with E-state index in [0.29, 0.717) is 0 Å². The summed E-state index contributed by atoms with van der Waals surface area (Å²) in [6.45, 7) is 4.52. The molecule has 4 nitrogen and oxygen atoms in total. The molecule has 0 amide bonds. The molecule has 102 valence electrons. The molecule has 20 heavy (non-hydrogen) atoms. The van der Waals surface area contributed by atoms with E-state index in [1.165, 1.54) is 23.7 Å². The second kappa shape index (κ2) is 4.47. The minimum absolute atomic E-state index is 0.738. The highest BCUT2D eigenvalue weighted by Crippen LogP contribution is 2.28. The fourth-order valence-corrected chi connectivity index (χ4v) is 3.31. The first-order chi connectivity index (χ1) is 9.84. The summed E-state index contributed by atoms with van der Waals surface area (Å²) >= 11 is 0. The van der Waals surface area contributed by atoms with Crippen LogP contribution in [-0.4, -0.2) is 27.7 Å². The summed E-state index contributed by atoms with van der Waals surface area (Å²) in [5.74, 6) is 0.738. The highest BCUT2D eigenvalue weighted by Gasteiger charge is 2.21. The molecule has 0 aliphatic carbocycles. The molecule has 0 saturated carbocycles. The van der Waals surface area contributed by atoms with E-state index < -0.39 is 0 Å². The van der Waals surface area contributed by atoms with Gasteiger partial charge in [-0.1, -0.05) is 25.1 Å². The molecule has 0 spiro atoms. The van der Waals surface area contributed by atoms with Crippen molar-refractivity contribution in [2.45, 2.75) is 19.8 Å². The molecule has 0 bridgehead atoms. The van der Waals surface area contributed by atoms with Crippen molar-refractivity contribution >= 4 is 21.9 Å². The minimum Gasteiger partial charge on any atom is -0.311 e. The molecule has 0 N–H and O–H groups in total. The van der Waals surface area contributed by atoms with E-state index in [0.717, 1.165) is 30.0 Å². The summed E-state index contributed by atoms with van der Waals surface area (Å²) in [6, 6.07) is 8.51. The van der Waals surface area contributed by atoms with Crippen LogP contribution in [-0.2, 0) is 0 Å². The third-order valence-electron chi connectivity index (χ3n) is 4.23. The number of hydrogen-bond donors (Lipinski definition) is 0. The number of para-hydroxylation sites is 1. The lowest BCUT2D eigenvalue weighted by Crippen LogP contribution is -2.42. The van der Waals surface area contributed by atoms with Crippen LogP contribution in [0.2, 0.25) is 0 Å². The van der Waals surface area contributed by atoms with Crippen molar-refractivity contribution in [3.63, 3.8) is 0 Å². The Kier molecular flexibility index (Phi) is 2.62. The maximum absolute atomic E-state index is 4.53. The summed E-state index contributed by atoms with van der Waals surface area (Å²) in [7, 11) is 0. The molecule has 1 fully saturated rings. The lowest BCUT2D eigenvalue weighted by Gasteiger charge is -2.34. The van der Waals surface area contributed by atoms with E-state index in [9.17, 15) is 0 Å². The Balaban J connectivity index is 2.00. The summed E-state index contributed by atoms with van der Waals surface area (Å²) in [5.41, 5.74) is 2.26. The Labute approximate surface area is 118 Å². The molecule has 1 aromatic carbocycles. The van der Waals surface area contributed by atoms with Crippen molar-refractivity contribution in [2.75, 3.05) is 18.1 Å². The number of piperidine rings is 1. The van der Waals surface area contributed by atoms with Crippen LogP contribution >= 0.6 is 0 Å². The van der Waals surface area contributed by atoms with Gasteiger partial charge in [0, 0.05) is 30.1 Å². The van der Waals surface area contributed by atoms with E-state index in [1.54, 1.807) is 6.33 Å². The number of fused-ring (bicyclic) bond motifs is 3. The van der Waals surface area contributed by atoms with Crippen molar-refractivity contribution in [3.8, 4) is 0 Å². The van der Waals surface area contributed by atoms with Crippen LogP contribution in [0.1, 0.15) is 19.8 Å². The van der Waals surface area contributed by atoms with Crippen molar-refractivity contribution in [1.29, 1.82) is 0 Å². The summed E-state index contributed by atoms with van der Waals surface area (Å²) in [6.07, 6.45) is 6.14. The molecular weight excluding hydrogens is 248 g/mol. The monoisotopic (exact) mass is 266 g/mol. The van der Waals surface area contributed by atoms with E-state index in [2.05, 4.69) is 50.8 Å². The Morgan fingerprint density at radius 2 is 2.10 bits per heavy atom. The van der Waals surface area contributed by atoms with Crippen molar-refractivity contribution in [1.82, 2.24) is 14.6 Å². The van der Waals surface area contributed by atoms with Crippen LogP contribution in [0, 0.1) is 5.92 Å². The van der Waals surface area contributed by atoms with E-state index in [1.807, 2.05) is 6.20 Å². The second-order valence-corrected chi connectivity index (χ2v) is 5.75. The molecule has 1 atom stereocenters. The van der Waals surface area contributed by atoms with Gasteiger partial charge in [0.2, 0.25) is 0 Å². The van der Waals surface area contributed by atoms with Gasteiger partial charge in [0.05, 0.1) is 5.52 Å². The molecular formula is C16H18N4. The first-order valence-corrected chi connectivity index (χ1v) is 7.29. The maximum Gasteiger partial charge on any atom is 0.163 e. The fourth-order valence-electron chi connectivity index (χ4n) is 3.31. The van der Waals surface area contributed by atoms with E-state index in [-0.39, 0.29) is 0 Å². The Morgan fingerprint density at radius 1 is 1.20 bits per heavy atom. The Morgan fingerprint density at radius 3 is 3.00 bits per heavy atom. The normalized spacial score (nSPS) is 19.9. The fraction of sp³-hybridized carbons (Fsp3) is 0.375. The predicted molar refractivity (Wildman–Crippen MR) is 81.4 cm³/mol. The molecule has 2 aromatic heterocycles. The van der Waals surface area contributed by atoms with Crippen molar-refractivity contribution in [3.05, 3.63) is 36.8 Å². The molecule has 3 heterocycles. The number of aromatic nitrogens is 3. The number of rotatable bonds is 1. The minimum atomic E-state index is 0.738. The zero-order valence-corrected chi connectivity index (χ0v) is 11.7. The maximum atomic E-state index is 4.53. The molecule has 3 aromatic rings. The second-order valence-electron chi connectivity index (χ2n) is 5.75. The van der Waals surface area contributed by atoms with Gasteiger partial charge in [0.15, 0.2) is 5.65 Å². The van der Waals surface area contributed by atoms with Crippen molar-refractivity contribution < 1.29 is 0 Å². The molecule has 4 rings (SSSR count). The molecule has 1 saturated heterocycles. The van der Waals surface area contributed by atoms with Gasteiger partial charge in [-0.05, 0) is 24.8 Å². The summed E-state index contributed by atoms with van der Waals surface area (Å²) in [5, 5.41) is 4.81. The van der Waals surface area contributed by atoms with Gasteiger partial charge in [0.25, 0.3) is 0 Å². The standard InChI is InChI=1S/C16H18N4/c1-12-5-4-8-19(10-12)20-15-7-3-2-6-13(15)14-9-17-11-18-16(14)20/h2-3,6-7,9,11-12H,4-5,8,10H2,1H3. The molecule has 1 unspecified atom stereocenters. The van der Waals surface area contributed by atoms with Crippen molar-refractivity contribution in [2.24, 2.45) is 5.92 Å². The van der Waals surface area contributed by atoms with Gasteiger partial charge in [-0.3, -0.25) is 0 Å². The largest absolute Gasteiger partial charge is 0.311 e. The quantitative estimate of drug-likeness (QED) is 0.679. The van der Waals surface area contributed by atoms with Crippen LogP contribution in [0.4, 0.5) is 0 Å². The molecule has 4 heteroatoms. The van der Waals surface area contributed by atoms with E-state index >= 15 is 0 Å². The SMILES string of the molecule is CC1CCCN(n2c3ccccc3c3cncnc32)C1. The molecule has 0 radical (unpaired) electrons. The molecule has 1 aliphatic heterocycles. The van der Waals surface area contributed by atoms with Crippen LogP contribution < -0.4 is 5.01 Å². The Hall–Kier alpha value is -2.10. The lowest BCUT2D eigenvalue weighted by molar-refractivity contribution is 0.396. The zero-order valence-electron chi connectivity index (χ0n) is 11.7. The van der Waals surface area contributed by atoms with Crippen LogP contribution in [0.15, 0.2) is 36.8 Å². The smallest absolute Gasteiger partial charge is 0.163 e. The number of hydrogen-bond acceptors (Lipinski definition) is 3. The average Bonchev–Trinajstić information content (AvgIpc) is 2.82. The van der Waals surface area contributed by atoms with Gasteiger partial charge >= 0.3 is 0 Å². The average molecular weight is 266 g/mol. The molecule has 1 aliphatic rings. The summed E-state index contributed by atoms with van der Waals surface area (Å²) < 4.78 is 2.29. The van der Waals surface area contributed by atoms with Crippen LogP contribution in [0.5, 0.6) is 0 Å².